The van der Waals surface area contributed by atoms with Gasteiger partial charge < -0.3 is 10.2 Å². The number of piperidine rings is 1. The quantitative estimate of drug-likeness (QED) is 0.398. The maximum Gasteiger partial charge on any atom is 0.255 e. The van der Waals surface area contributed by atoms with E-state index in [1.54, 1.807) is 10.7 Å². The van der Waals surface area contributed by atoms with Gasteiger partial charge in [-0.15, -0.1) is 0 Å². The summed E-state index contributed by atoms with van der Waals surface area (Å²) in [7, 11) is 0. The lowest BCUT2D eigenvalue weighted by atomic mass is 10.0. The van der Waals surface area contributed by atoms with Crippen molar-refractivity contribution in [3.8, 4) is 22.5 Å². The van der Waals surface area contributed by atoms with Gasteiger partial charge in [0.15, 0.2) is 5.65 Å². The second-order valence-electron chi connectivity index (χ2n) is 9.04. The minimum atomic E-state index is -0.114. The highest BCUT2D eigenvalue weighted by molar-refractivity contribution is 6.00. The molecule has 2 aromatic carbocycles. The van der Waals surface area contributed by atoms with E-state index in [2.05, 4.69) is 22.1 Å². The zero-order chi connectivity index (χ0) is 23.3. The number of nitrogens with zero attached hydrogens (tertiary/aromatic N) is 4. The van der Waals surface area contributed by atoms with Crippen LogP contribution in [0.1, 0.15) is 43.0 Å². The molecule has 4 aromatic rings. The first-order chi connectivity index (χ1) is 16.7. The number of rotatable bonds is 7. The van der Waals surface area contributed by atoms with Crippen molar-refractivity contribution in [2.45, 2.75) is 38.6 Å². The number of amides is 1. The summed E-state index contributed by atoms with van der Waals surface area (Å²) in [5, 5.41) is 7.96. The molecule has 0 aliphatic carbocycles. The van der Waals surface area contributed by atoms with Crippen molar-refractivity contribution in [1.82, 2.24) is 24.8 Å². The van der Waals surface area contributed by atoms with Crippen LogP contribution in [0.4, 0.5) is 0 Å². The summed E-state index contributed by atoms with van der Waals surface area (Å²) < 4.78 is 1.79. The van der Waals surface area contributed by atoms with Gasteiger partial charge in [0.1, 0.15) is 0 Å². The summed E-state index contributed by atoms with van der Waals surface area (Å²) in [5.41, 5.74) is 4.80. The molecule has 1 aliphatic heterocycles. The molecule has 6 nitrogen and oxygen atoms in total. The lowest BCUT2D eigenvalue weighted by Gasteiger charge is -2.33. The van der Waals surface area contributed by atoms with Gasteiger partial charge in [-0.3, -0.25) is 4.79 Å². The van der Waals surface area contributed by atoms with Crippen molar-refractivity contribution >= 4 is 11.6 Å². The summed E-state index contributed by atoms with van der Waals surface area (Å²) in [4.78, 5) is 20.4. The number of fused-ring (bicyclic) bond motifs is 1. The fraction of sp³-hybridized carbons (Fsp3) is 0.321. The third-order valence-corrected chi connectivity index (χ3v) is 6.69. The van der Waals surface area contributed by atoms with Crippen molar-refractivity contribution < 1.29 is 4.79 Å². The summed E-state index contributed by atoms with van der Waals surface area (Å²) >= 11 is 0. The summed E-state index contributed by atoms with van der Waals surface area (Å²) in [6.45, 7) is 5.13. The number of hydrogen-bond donors (Lipinski definition) is 1. The molecule has 6 heteroatoms. The van der Waals surface area contributed by atoms with Crippen LogP contribution in [-0.2, 0) is 0 Å². The lowest BCUT2D eigenvalue weighted by Crippen LogP contribution is -2.39. The zero-order valence-electron chi connectivity index (χ0n) is 19.7. The average molecular weight is 454 g/mol. The van der Waals surface area contributed by atoms with Crippen LogP contribution in [0.3, 0.4) is 0 Å². The normalized spacial score (nSPS) is 16.6. The van der Waals surface area contributed by atoms with E-state index in [1.807, 2.05) is 66.7 Å². The predicted molar refractivity (Wildman–Crippen MR) is 136 cm³/mol. The maximum absolute atomic E-state index is 13.3. The fourth-order valence-electron chi connectivity index (χ4n) is 4.79. The summed E-state index contributed by atoms with van der Waals surface area (Å²) in [6, 6.07) is 22.6. The molecule has 1 unspecified atom stereocenters. The fourth-order valence-corrected chi connectivity index (χ4v) is 4.79. The van der Waals surface area contributed by atoms with Crippen molar-refractivity contribution in [2.75, 3.05) is 19.6 Å². The third kappa shape index (κ3) is 4.73. The monoisotopic (exact) mass is 453 g/mol. The largest absolute Gasteiger partial charge is 0.352 e. The molecule has 3 heterocycles. The number of carbonyl (C=O) groups is 1. The molecule has 1 saturated heterocycles. The van der Waals surface area contributed by atoms with Crippen LogP contribution in [0, 0.1) is 0 Å². The second kappa shape index (κ2) is 10.2. The number of benzene rings is 2. The molecular weight excluding hydrogens is 422 g/mol. The summed E-state index contributed by atoms with van der Waals surface area (Å²) in [5.74, 6) is -0.114. The predicted octanol–water partition coefficient (Wildman–Crippen LogP) is 5.06. The van der Waals surface area contributed by atoms with Gasteiger partial charge in [0, 0.05) is 42.5 Å². The Morgan fingerprint density at radius 3 is 2.50 bits per heavy atom. The van der Waals surface area contributed by atoms with Crippen molar-refractivity contribution in [1.29, 1.82) is 0 Å². The molecule has 0 radical (unpaired) electrons. The van der Waals surface area contributed by atoms with Gasteiger partial charge in [-0.25, -0.2) is 9.50 Å². The highest BCUT2D eigenvalue weighted by Gasteiger charge is 2.20. The Labute approximate surface area is 200 Å². The molecule has 2 aromatic heterocycles. The van der Waals surface area contributed by atoms with Crippen LogP contribution in [-0.4, -0.2) is 51.1 Å². The highest BCUT2D eigenvalue weighted by Crippen LogP contribution is 2.27. The van der Waals surface area contributed by atoms with E-state index < -0.39 is 0 Å². The Morgan fingerprint density at radius 1 is 1.03 bits per heavy atom. The first kappa shape index (κ1) is 22.3. The molecule has 0 spiro atoms. The molecule has 34 heavy (non-hydrogen) atoms. The van der Waals surface area contributed by atoms with Gasteiger partial charge in [0.25, 0.3) is 5.91 Å². The van der Waals surface area contributed by atoms with Crippen LogP contribution in [0.2, 0.25) is 0 Å². The van der Waals surface area contributed by atoms with Crippen molar-refractivity contribution in [3.05, 3.63) is 78.5 Å². The molecule has 0 bridgehead atoms. The first-order valence-electron chi connectivity index (χ1n) is 12.2. The molecule has 1 amide bonds. The van der Waals surface area contributed by atoms with Gasteiger partial charge in [0.05, 0.1) is 17.0 Å². The van der Waals surface area contributed by atoms with E-state index >= 15 is 0 Å². The Hall–Kier alpha value is -3.51. The molecule has 1 aliphatic rings. The number of hydrogen-bond acceptors (Lipinski definition) is 4. The average Bonchev–Trinajstić information content (AvgIpc) is 3.32. The molecule has 5 rings (SSSR count). The second-order valence-corrected chi connectivity index (χ2v) is 9.04. The lowest BCUT2D eigenvalue weighted by molar-refractivity contribution is 0.0948. The van der Waals surface area contributed by atoms with Crippen molar-refractivity contribution in [3.63, 3.8) is 0 Å². The van der Waals surface area contributed by atoms with Crippen LogP contribution in [0.25, 0.3) is 28.2 Å². The van der Waals surface area contributed by atoms with E-state index in [4.69, 9.17) is 5.10 Å². The molecule has 1 N–H and O–H groups in total. The van der Waals surface area contributed by atoms with Crippen LogP contribution < -0.4 is 5.32 Å². The smallest absolute Gasteiger partial charge is 0.255 e. The number of likely N-dealkylation sites (tertiary alicyclic amines) is 1. The standard InChI is InChI=1S/C28H31N5O/c1-21-11-8-9-17-32(21)18-10-16-29-28(34)24-20-30-26-19-25(22-12-4-2-5-13-22)31-33(26)27(24)23-14-6-3-7-15-23/h2-7,12-15,19-21H,8-11,16-18H2,1H3,(H,29,34). The minimum absolute atomic E-state index is 0.114. The van der Waals surface area contributed by atoms with E-state index in [-0.39, 0.29) is 5.91 Å². The van der Waals surface area contributed by atoms with Crippen molar-refractivity contribution in [2.24, 2.45) is 0 Å². The molecule has 0 saturated carbocycles. The van der Waals surface area contributed by atoms with Gasteiger partial charge in [-0.2, -0.15) is 5.10 Å². The van der Waals surface area contributed by atoms with Gasteiger partial charge in [0.2, 0.25) is 0 Å². The Bertz CT molecular complexity index is 1250. The highest BCUT2D eigenvalue weighted by atomic mass is 16.1. The summed E-state index contributed by atoms with van der Waals surface area (Å²) in [6.07, 6.45) is 6.49. The van der Waals surface area contributed by atoms with Gasteiger partial charge >= 0.3 is 0 Å². The Morgan fingerprint density at radius 2 is 1.76 bits per heavy atom. The molecule has 1 fully saturated rings. The van der Waals surface area contributed by atoms with E-state index in [9.17, 15) is 4.79 Å². The maximum atomic E-state index is 13.3. The molecule has 174 valence electrons. The third-order valence-electron chi connectivity index (χ3n) is 6.69. The molecule has 1 atom stereocenters. The SMILES string of the molecule is CC1CCCCN1CCCNC(=O)c1cnc2cc(-c3ccccc3)nn2c1-c1ccccc1. The topological polar surface area (TPSA) is 62.5 Å². The number of aromatic nitrogens is 3. The zero-order valence-corrected chi connectivity index (χ0v) is 19.7. The number of nitrogens with one attached hydrogen (secondary N) is 1. The first-order valence-corrected chi connectivity index (χ1v) is 12.2. The van der Waals surface area contributed by atoms with Crippen LogP contribution in [0.5, 0.6) is 0 Å². The van der Waals surface area contributed by atoms with Gasteiger partial charge in [-0.05, 0) is 32.7 Å². The number of carbonyl (C=O) groups excluding carboxylic acids is 1. The van der Waals surface area contributed by atoms with Gasteiger partial charge in [-0.1, -0.05) is 67.1 Å². The van der Waals surface area contributed by atoms with E-state index in [0.29, 0.717) is 23.8 Å². The van der Waals surface area contributed by atoms with Crippen LogP contribution >= 0.6 is 0 Å². The van der Waals surface area contributed by atoms with E-state index in [0.717, 1.165) is 42.0 Å². The van der Waals surface area contributed by atoms with E-state index in [1.165, 1.54) is 19.3 Å². The Kier molecular flexibility index (Phi) is 6.67. The van der Waals surface area contributed by atoms with Crippen LogP contribution in [0.15, 0.2) is 72.9 Å². The molecular formula is C28H31N5O. The minimum Gasteiger partial charge on any atom is -0.352 e. The Balaban J connectivity index is 1.40.